The van der Waals surface area contributed by atoms with Crippen LogP contribution in [0.15, 0.2) is 48.7 Å². The summed E-state index contributed by atoms with van der Waals surface area (Å²) in [4.78, 5) is 4.68. The van der Waals surface area contributed by atoms with Crippen LogP contribution >= 0.6 is 0 Å². The minimum Gasteiger partial charge on any atom is -0.316 e. The van der Waals surface area contributed by atoms with E-state index in [1.54, 1.807) is 0 Å². The van der Waals surface area contributed by atoms with Gasteiger partial charge in [-0.3, -0.25) is 4.98 Å². The van der Waals surface area contributed by atoms with Gasteiger partial charge in [0.1, 0.15) is 0 Å². The van der Waals surface area contributed by atoms with E-state index in [2.05, 4.69) is 66.7 Å². The lowest BCUT2D eigenvalue weighted by Gasteiger charge is -2.31. The lowest BCUT2D eigenvalue weighted by atomic mass is 9.81. The summed E-state index contributed by atoms with van der Waals surface area (Å²) in [6, 6.07) is 15.6. The predicted molar refractivity (Wildman–Crippen MR) is 87.6 cm³/mol. The lowest BCUT2D eigenvalue weighted by molar-refractivity contribution is 0.377. The van der Waals surface area contributed by atoms with Gasteiger partial charge in [0.25, 0.3) is 0 Å². The molecule has 0 aliphatic heterocycles. The van der Waals surface area contributed by atoms with Crippen molar-refractivity contribution < 1.29 is 0 Å². The van der Waals surface area contributed by atoms with E-state index >= 15 is 0 Å². The average Bonchev–Trinajstić information content (AvgIpc) is 2.97. The highest BCUT2D eigenvalue weighted by molar-refractivity contribution is 5.32. The second-order valence-electron chi connectivity index (χ2n) is 5.93. The maximum Gasteiger partial charge on any atom is 0.0482 e. The minimum absolute atomic E-state index is 0.452. The summed E-state index contributed by atoms with van der Waals surface area (Å²) < 4.78 is 0. The number of pyridine rings is 1. The molecule has 0 radical (unpaired) electrons. The van der Waals surface area contributed by atoms with Crippen molar-refractivity contribution in [3.8, 4) is 0 Å². The van der Waals surface area contributed by atoms with Crippen molar-refractivity contribution in [1.29, 1.82) is 0 Å². The molecule has 2 heteroatoms. The summed E-state index contributed by atoms with van der Waals surface area (Å²) in [6.45, 7) is 2.29. The summed E-state index contributed by atoms with van der Waals surface area (Å²) in [5, 5.41) is 3.59. The van der Waals surface area contributed by atoms with Gasteiger partial charge < -0.3 is 5.32 Å². The second-order valence-corrected chi connectivity index (χ2v) is 5.93. The molecule has 0 amide bonds. The Morgan fingerprint density at radius 1 is 1.19 bits per heavy atom. The average molecular weight is 280 g/mol. The Kier molecular flexibility index (Phi) is 4.35. The first-order valence-electron chi connectivity index (χ1n) is 8.01. The zero-order chi connectivity index (χ0) is 14.7. The van der Waals surface area contributed by atoms with Crippen molar-refractivity contribution in [3.05, 3.63) is 65.5 Å². The molecule has 0 spiro atoms. The fourth-order valence-corrected chi connectivity index (χ4v) is 3.87. The number of aryl methyl sites for hydroxylation is 1. The van der Waals surface area contributed by atoms with Gasteiger partial charge in [-0.2, -0.15) is 0 Å². The normalized spacial score (nSPS) is 20.0. The van der Waals surface area contributed by atoms with Crippen molar-refractivity contribution >= 4 is 0 Å². The standard InChI is InChI=1S/C19H24N2/c1-3-16(14-8-5-4-6-9-14)19(20-2)17-12-11-15-10-7-13-21-18(15)17/h4-10,13,16-17,19-20H,3,11-12H2,1-2H3. The molecule has 1 aromatic carbocycles. The van der Waals surface area contributed by atoms with E-state index in [0.717, 1.165) is 12.8 Å². The molecule has 2 aromatic rings. The molecule has 21 heavy (non-hydrogen) atoms. The van der Waals surface area contributed by atoms with E-state index in [1.165, 1.54) is 23.2 Å². The van der Waals surface area contributed by atoms with Gasteiger partial charge in [0.2, 0.25) is 0 Å². The molecule has 1 N–H and O–H groups in total. The highest BCUT2D eigenvalue weighted by Crippen LogP contribution is 2.39. The fraction of sp³-hybridized carbons (Fsp3) is 0.421. The Bertz CT molecular complexity index is 577. The zero-order valence-electron chi connectivity index (χ0n) is 12.9. The smallest absolute Gasteiger partial charge is 0.0482 e. The Morgan fingerprint density at radius 2 is 2.00 bits per heavy atom. The topological polar surface area (TPSA) is 24.9 Å². The summed E-state index contributed by atoms with van der Waals surface area (Å²) in [5.74, 6) is 1.06. The van der Waals surface area contributed by atoms with Gasteiger partial charge >= 0.3 is 0 Å². The van der Waals surface area contributed by atoms with E-state index in [9.17, 15) is 0 Å². The molecule has 1 aliphatic carbocycles. The number of nitrogens with zero attached hydrogens (tertiary/aromatic N) is 1. The van der Waals surface area contributed by atoms with Gasteiger partial charge in [0.15, 0.2) is 0 Å². The Labute approximate surface area is 127 Å². The van der Waals surface area contributed by atoms with Crippen molar-refractivity contribution in [3.63, 3.8) is 0 Å². The van der Waals surface area contributed by atoms with Gasteiger partial charge in [-0.1, -0.05) is 43.3 Å². The van der Waals surface area contributed by atoms with Crippen LogP contribution in [0.4, 0.5) is 0 Å². The van der Waals surface area contributed by atoms with E-state index in [0.29, 0.717) is 17.9 Å². The van der Waals surface area contributed by atoms with Gasteiger partial charge in [0.05, 0.1) is 0 Å². The first-order chi connectivity index (χ1) is 10.3. The zero-order valence-corrected chi connectivity index (χ0v) is 12.9. The molecule has 0 saturated carbocycles. The van der Waals surface area contributed by atoms with Crippen molar-refractivity contribution in [2.45, 2.75) is 44.1 Å². The van der Waals surface area contributed by atoms with Crippen LogP contribution in [0.1, 0.15) is 48.4 Å². The molecule has 1 heterocycles. The van der Waals surface area contributed by atoms with Crippen LogP contribution in [-0.2, 0) is 6.42 Å². The SMILES string of the molecule is CCC(c1ccccc1)C(NC)C1CCc2cccnc21. The summed E-state index contributed by atoms with van der Waals surface area (Å²) in [5.41, 5.74) is 4.18. The number of rotatable bonds is 5. The third-order valence-corrected chi connectivity index (χ3v) is 4.87. The van der Waals surface area contributed by atoms with Crippen LogP contribution in [0.5, 0.6) is 0 Å². The van der Waals surface area contributed by atoms with E-state index in [4.69, 9.17) is 0 Å². The highest BCUT2D eigenvalue weighted by Gasteiger charge is 2.34. The maximum atomic E-state index is 4.68. The highest BCUT2D eigenvalue weighted by atomic mass is 14.9. The maximum absolute atomic E-state index is 4.68. The second kappa shape index (κ2) is 6.40. The van der Waals surface area contributed by atoms with Crippen molar-refractivity contribution in [2.24, 2.45) is 0 Å². The van der Waals surface area contributed by atoms with Crippen molar-refractivity contribution in [2.75, 3.05) is 7.05 Å². The van der Waals surface area contributed by atoms with Crippen LogP contribution in [0.2, 0.25) is 0 Å². The fourth-order valence-electron chi connectivity index (χ4n) is 3.87. The molecule has 2 nitrogen and oxygen atoms in total. The van der Waals surface area contributed by atoms with Gasteiger partial charge in [0, 0.05) is 23.9 Å². The molecular weight excluding hydrogens is 256 g/mol. The summed E-state index contributed by atoms with van der Waals surface area (Å²) in [6.07, 6.45) is 5.46. The van der Waals surface area contributed by atoms with E-state index in [-0.39, 0.29) is 0 Å². The van der Waals surface area contributed by atoms with Crippen LogP contribution < -0.4 is 5.32 Å². The Hall–Kier alpha value is -1.67. The Balaban J connectivity index is 1.92. The van der Waals surface area contributed by atoms with Crippen LogP contribution in [0.25, 0.3) is 0 Å². The number of hydrogen-bond donors (Lipinski definition) is 1. The number of fused-ring (bicyclic) bond motifs is 1. The number of hydrogen-bond acceptors (Lipinski definition) is 2. The third-order valence-electron chi connectivity index (χ3n) is 4.87. The molecule has 3 atom stereocenters. The minimum atomic E-state index is 0.452. The number of aromatic nitrogens is 1. The van der Waals surface area contributed by atoms with E-state index < -0.39 is 0 Å². The summed E-state index contributed by atoms with van der Waals surface area (Å²) >= 11 is 0. The van der Waals surface area contributed by atoms with Crippen molar-refractivity contribution in [1.82, 2.24) is 10.3 Å². The molecular formula is C19H24N2. The molecule has 0 saturated heterocycles. The molecule has 0 bridgehead atoms. The Morgan fingerprint density at radius 3 is 2.71 bits per heavy atom. The largest absolute Gasteiger partial charge is 0.316 e. The lowest BCUT2D eigenvalue weighted by Crippen LogP contribution is -2.37. The van der Waals surface area contributed by atoms with Crippen LogP contribution in [-0.4, -0.2) is 18.1 Å². The predicted octanol–water partition coefficient (Wildman–Crippen LogP) is 3.89. The molecule has 0 fully saturated rings. The van der Waals surface area contributed by atoms with Crippen LogP contribution in [0.3, 0.4) is 0 Å². The number of benzene rings is 1. The van der Waals surface area contributed by atoms with Gasteiger partial charge in [-0.25, -0.2) is 0 Å². The number of nitrogens with one attached hydrogen (secondary N) is 1. The van der Waals surface area contributed by atoms with E-state index in [1.807, 2.05) is 6.20 Å². The molecule has 1 aliphatic rings. The van der Waals surface area contributed by atoms with Gasteiger partial charge in [-0.15, -0.1) is 0 Å². The molecule has 3 unspecified atom stereocenters. The third kappa shape index (κ3) is 2.73. The first kappa shape index (κ1) is 14.3. The monoisotopic (exact) mass is 280 g/mol. The summed E-state index contributed by atoms with van der Waals surface area (Å²) in [7, 11) is 2.09. The van der Waals surface area contributed by atoms with Crippen LogP contribution in [0, 0.1) is 0 Å². The molecule has 110 valence electrons. The quantitative estimate of drug-likeness (QED) is 0.898. The molecule has 1 aromatic heterocycles. The molecule has 3 rings (SSSR count). The van der Waals surface area contributed by atoms with Gasteiger partial charge in [-0.05, 0) is 49.4 Å². The first-order valence-corrected chi connectivity index (χ1v) is 8.01. The number of likely N-dealkylation sites (N-methyl/N-ethyl adjacent to an activating group) is 1.